The Kier molecular flexibility index (Phi) is 5.91. The van der Waals surface area contributed by atoms with Crippen molar-refractivity contribution in [1.82, 2.24) is 0 Å². The van der Waals surface area contributed by atoms with Crippen molar-refractivity contribution in [1.29, 1.82) is 0 Å². The number of carbonyl (C=O) groups excluding carboxylic acids is 1. The Bertz CT molecular complexity index is 792. The minimum atomic E-state index is -3.48. The van der Waals surface area contributed by atoms with Gasteiger partial charge < -0.3 is 4.74 Å². The lowest BCUT2D eigenvalue weighted by Crippen LogP contribution is -2.09. The maximum Gasteiger partial charge on any atom is 0.350 e. The van der Waals surface area contributed by atoms with Crippen LogP contribution in [-0.4, -0.2) is 33.5 Å². The Morgan fingerprint density at radius 2 is 2.22 bits per heavy atom. The topological polar surface area (TPSA) is 84.8 Å². The number of hydrogen-bond donors (Lipinski definition) is 1. The Morgan fingerprint density at radius 1 is 1.43 bits per heavy atom. The third kappa shape index (κ3) is 4.18. The molecule has 0 aliphatic rings. The normalized spacial score (nSPS) is 11.7. The van der Waals surface area contributed by atoms with Gasteiger partial charge in [-0.1, -0.05) is 13.0 Å². The van der Waals surface area contributed by atoms with Crippen LogP contribution in [0.25, 0.3) is 0 Å². The summed E-state index contributed by atoms with van der Waals surface area (Å²) in [5, 5.41) is 7.39. The van der Waals surface area contributed by atoms with E-state index >= 15 is 0 Å². The van der Waals surface area contributed by atoms with Gasteiger partial charge in [-0.25, -0.2) is 13.2 Å². The number of rotatable bonds is 7. The summed E-state index contributed by atoms with van der Waals surface area (Å²) in [4.78, 5) is 13.0. The number of ether oxygens (including phenoxy) is 1. The molecule has 0 saturated carbocycles. The molecule has 2 aromatic rings. The Morgan fingerprint density at radius 3 is 2.83 bits per heavy atom. The van der Waals surface area contributed by atoms with E-state index in [4.69, 9.17) is 4.74 Å². The predicted molar refractivity (Wildman–Crippen MR) is 93.5 cm³/mol. The third-order valence-electron chi connectivity index (χ3n) is 2.85. The van der Waals surface area contributed by atoms with Crippen LogP contribution in [0.5, 0.6) is 0 Å². The number of nitrogens with zero attached hydrogens (tertiary/aromatic N) is 1. The fourth-order valence-corrected chi connectivity index (χ4v) is 5.22. The molecule has 9 heteroatoms. The van der Waals surface area contributed by atoms with E-state index in [2.05, 4.69) is 10.5 Å². The number of carbonyl (C=O) groups is 1. The molecule has 0 radical (unpaired) electrons. The van der Waals surface area contributed by atoms with E-state index in [1.165, 1.54) is 23.8 Å². The van der Waals surface area contributed by atoms with Gasteiger partial charge in [0, 0.05) is 10.3 Å². The molecule has 0 bridgehead atoms. The SMILES string of the molecule is CCCS(=O)(=O)c1csc(C(=O)OC)c1NN=Cc1cccs1. The summed E-state index contributed by atoms with van der Waals surface area (Å²) >= 11 is 2.52. The molecule has 124 valence electrons. The Labute approximate surface area is 142 Å². The summed E-state index contributed by atoms with van der Waals surface area (Å²) in [5.74, 6) is -0.588. The van der Waals surface area contributed by atoms with Crippen molar-refractivity contribution in [3.63, 3.8) is 0 Å². The highest BCUT2D eigenvalue weighted by atomic mass is 32.2. The van der Waals surface area contributed by atoms with Gasteiger partial charge in [-0.3, -0.25) is 5.43 Å². The van der Waals surface area contributed by atoms with Crippen molar-refractivity contribution in [3.05, 3.63) is 32.6 Å². The first kappa shape index (κ1) is 17.6. The van der Waals surface area contributed by atoms with Crippen LogP contribution >= 0.6 is 22.7 Å². The zero-order chi connectivity index (χ0) is 16.9. The number of thiophene rings is 2. The predicted octanol–water partition coefficient (Wildman–Crippen LogP) is 3.23. The van der Waals surface area contributed by atoms with Gasteiger partial charge in [0.05, 0.1) is 19.1 Å². The van der Waals surface area contributed by atoms with Crippen LogP contribution in [0.2, 0.25) is 0 Å². The summed E-state index contributed by atoms with van der Waals surface area (Å²) in [6, 6.07) is 3.76. The summed E-state index contributed by atoms with van der Waals surface area (Å²) in [6.07, 6.45) is 2.06. The number of hydrogen-bond acceptors (Lipinski definition) is 8. The molecule has 0 amide bonds. The molecule has 0 unspecified atom stereocenters. The number of sulfone groups is 1. The van der Waals surface area contributed by atoms with E-state index in [1.807, 2.05) is 17.5 Å². The van der Waals surface area contributed by atoms with E-state index in [9.17, 15) is 13.2 Å². The summed E-state index contributed by atoms with van der Waals surface area (Å²) in [5.41, 5.74) is 2.86. The number of anilines is 1. The summed E-state index contributed by atoms with van der Waals surface area (Å²) in [6.45, 7) is 1.78. The average molecular weight is 372 g/mol. The van der Waals surface area contributed by atoms with Gasteiger partial charge in [0.25, 0.3) is 0 Å². The molecule has 0 saturated heterocycles. The van der Waals surface area contributed by atoms with Crippen LogP contribution in [0.15, 0.2) is 32.9 Å². The first-order chi connectivity index (χ1) is 11.0. The molecule has 2 rings (SSSR count). The van der Waals surface area contributed by atoms with Crippen LogP contribution < -0.4 is 5.43 Å². The summed E-state index contributed by atoms with van der Waals surface area (Å²) in [7, 11) is -2.23. The number of methoxy groups -OCH3 is 1. The average Bonchev–Trinajstić information content (AvgIpc) is 3.16. The Hall–Kier alpha value is -1.71. The van der Waals surface area contributed by atoms with Gasteiger partial charge >= 0.3 is 5.97 Å². The fraction of sp³-hybridized carbons (Fsp3) is 0.286. The van der Waals surface area contributed by atoms with Gasteiger partial charge in [0.15, 0.2) is 9.84 Å². The first-order valence-corrected chi connectivity index (χ1v) is 10.2. The lowest BCUT2D eigenvalue weighted by atomic mass is 10.4. The van der Waals surface area contributed by atoms with Crippen molar-refractivity contribution in [2.75, 3.05) is 18.3 Å². The molecule has 2 aromatic heterocycles. The highest BCUT2D eigenvalue weighted by Crippen LogP contribution is 2.33. The maximum atomic E-state index is 12.3. The van der Waals surface area contributed by atoms with Crippen molar-refractivity contribution in [2.45, 2.75) is 18.2 Å². The number of hydrazone groups is 1. The monoisotopic (exact) mass is 372 g/mol. The number of esters is 1. The van der Waals surface area contributed by atoms with E-state index < -0.39 is 15.8 Å². The minimum Gasteiger partial charge on any atom is -0.465 e. The van der Waals surface area contributed by atoms with Crippen LogP contribution in [0.1, 0.15) is 27.9 Å². The maximum absolute atomic E-state index is 12.3. The van der Waals surface area contributed by atoms with Crippen molar-refractivity contribution < 1.29 is 17.9 Å². The lowest BCUT2D eigenvalue weighted by Gasteiger charge is -2.06. The first-order valence-electron chi connectivity index (χ1n) is 6.74. The van der Waals surface area contributed by atoms with E-state index in [0.29, 0.717) is 6.42 Å². The van der Waals surface area contributed by atoms with Crippen LogP contribution in [-0.2, 0) is 14.6 Å². The Balaban J connectivity index is 2.37. The largest absolute Gasteiger partial charge is 0.465 e. The van der Waals surface area contributed by atoms with E-state index in [0.717, 1.165) is 16.2 Å². The standard InChI is InChI=1S/C14H16N2O4S3/c1-3-7-23(18,19)11-9-22-13(14(17)20-2)12(11)16-15-8-10-5-4-6-21-10/h4-6,8-9,16H,3,7H2,1-2H3. The minimum absolute atomic E-state index is 0.00760. The molecule has 1 N–H and O–H groups in total. The van der Waals surface area contributed by atoms with E-state index in [1.54, 1.807) is 13.1 Å². The van der Waals surface area contributed by atoms with Gasteiger partial charge in [-0.2, -0.15) is 5.10 Å². The fourth-order valence-electron chi connectivity index (χ4n) is 1.82. The molecular formula is C14H16N2O4S3. The highest BCUT2D eigenvalue weighted by Gasteiger charge is 2.26. The molecule has 0 spiro atoms. The molecule has 0 aromatic carbocycles. The van der Waals surface area contributed by atoms with Crippen LogP contribution in [0.3, 0.4) is 0 Å². The van der Waals surface area contributed by atoms with Gasteiger partial charge in [-0.15, -0.1) is 22.7 Å². The second kappa shape index (κ2) is 7.71. The molecule has 0 fully saturated rings. The zero-order valence-corrected chi connectivity index (χ0v) is 15.1. The van der Waals surface area contributed by atoms with E-state index in [-0.39, 0.29) is 21.2 Å². The second-order valence-corrected chi connectivity index (χ2v) is 8.44. The molecule has 6 nitrogen and oxygen atoms in total. The smallest absolute Gasteiger partial charge is 0.350 e. The van der Waals surface area contributed by atoms with Gasteiger partial charge in [0.1, 0.15) is 15.5 Å². The lowest BCUT2D eigenvalue weighted by molar-refractivity contribution is 0.0607. The zero-order valence-electron chi connectivity index (χ0n) is 12.6. The van der Waals surface area contributed by atoms with Crippen molar-refractivity contribution in [3.8, 4) is 0 Å². The molecule has 2 heterocycles. The van der Waals surface area contributed by atoms with Crippen molar-refractivity contribution in [2.24, 2.45) is 5.10 Å². The van der Waals surface area contributed by atoms with Crippen LogP contribution in [0, 0.1) is 0 Å². The number of nitrogens with one attached hydrogen (secondary N) is 1. The highest BCUT2D eigenvalue weighted by molar-refractivity contribution is 7.91. The van der Waals surface area contributed by atoms with Gasteiger partial charge in [0.2, 0.25) is 0 Å². The van der Waals surface area contributed by atoms with Crippen LogP contribution in [0.4, 0.5) is 5.69 Å². The summed E-state index contributed by atoms with van der Waals surface area (Å²) < 4.78 is 29.4. The second-order valence-electron chi connectivity index (χ2n) is 4.50. The molecule has 23 heavy (non-hydrogen) atoms. The molecule has 0 atom stereocenters. The van der Waals surface area contributed by atoms with Gasteiger partial charge in [-0.05, 0) is 17.9 Å². The quantitative estimate of drug-likeness (QED) is 0.458. The molecule has 0 aliphatic heterocycles. The molecule has 0 aliphatic carbocycles. The van der Waals surface area contributed by atoms with Crippen molar-refractivity contribution >= 4 is 50.4 Å². The molecular weight excluding hydrogens is 356 g/mol. The third-order valence-corrected chi connectivity index (χ3v) is 6.70.